The second-order valence-electron chi connectivity index (χ2n) is 3.72. The molecule has 0 atom stereocenters. The maximum absolute atomic E-state index is 12.3. The molecule has 0 saturated heterocycles. The third kappa shape index (κ3) is 5.26. The highest BCUT2D eigenvalue weighted by Gasteiger charge is 2.33. The Bertz CT molecular complexity index is 445. The standard InChI is InChI=1S/C11H10Cl2F3NO2/c12-8-3-7(4-9(13)5-8)10(19)17(1-2-18)6-11(14,15)16/h3-5,18H,1-2,6H2. The van der Waals surface area contributed by atoms with Crippen LogP contribution >= 0.6 is 23.2 Å². The summed E-state index contributed by atoms with van der Waals surface area (Å²) in [4.78, 5) is 12.4. The number of halogens is 5. The summed E-state index contributed by atoms with van der Waals surface area (Å²) in [5.41, 5.74) is -0.0600. The van der Waals surface area contributed by atoms with Crippen LogP contribution in [0.2, 0.25) is 10.0 Å². The molecule has 1 amide bonds. The summed E-state index contributed by atoms with van der Waals surface area (Å²) in [5.74, 6) is -0.893. The van der Waals surface area contributed by atoms with Crippen molar-refractivity contribution in [3.8, 4) is 0 Å². The number of aliphatic hydroxyl groups is 1. The van der Waals surface area contributed by atoms with Gasteiger partial charge < -0.3 is 10.0 Å². The number of carbonyl (C=O) groups is 1. The van der Waals surface area contributed by atoms with Gasteiger partial charge in [-0.15, -0.1) is 0 Å². The number of hydrogen-bond donors (Lipinski definition) is 1. The van der Waals surface area contributed by atoms with Crippen LogP contribution in [-0.2, 0) is 0 Å². The first-order valence-corrected chi connectivity index (χ1v) is 5.91. The lowest BCUT2D eigenvalue weighted by Gasteiger charge is -2.23. The van der Waals surface area contributed by atoms with Gasteiger partial charge in [0, 0.05) is 22.2 Å². The molecule has 0 spiro atoms. The Morgan fingerprint density at radius 1 is 1.21 bits per heavy atom. The van der Waals surface area contributed by atoms with Crippen molar-refractivity contribution in [3.63, 3.8) is 0 Å². The summed E-state index contributed by atoms with van der Waals surface area (Å²) in [6.07, 6.45) is -4.55. The van der Waals surface area contributed by atoms with E-state index in [2.05, 4.69) is 0 Å². The summed E-state index contributed by atoms with van der Waals surface area (Å²) in [7, 11) is 0. The third-order valence-electron chi connectivity index (χ3n) is 2.14. The van der Waals surface area contributed by atoms with E-state index in [-0.39, 0.29) is 15.6 Å². The molecule has 1 aromatic carbocycles. The lowest BCUT2D eigenvalue weighted by molar-refractivity contribution is -0.141. The van der Waals surface area contributed by atoms with Crippen molar-refractivity contribution in [2.24, 2.45) is 0 Å². The molecule has 0 aromatic heterocycles. The molecular formula is C11H10Cl2F3NO2. The zero-order valence-electron chi connectivity index (χ0n) is 9.55. The predicted octanol–water partition coefficient (Wildman–Crippen LogP) is 2.99. The molecule has 1 rings (SSSR count). The van der Waals surface area contributed by atoms with Crippen molar-refractivity contribution in [2.45, 2.75) is 6.18 Å². The monoisotopic (exact) mass is 315 g/mol. The first-order valence-electron chi connectivity index (χ1n) is 5.16. The second kappa shape index (κ2) is 6.45. The van der Waals surface area contributed by atoms with Gasteiger partial charge in [-0.2, -0.15) is 13.2 Å². The minimum atomic E-state index is -4.55. The molecule has 1 aromatic rings. The molecule has 0 saturated carbocycles. The Morgan fingerprint density at radius 2 is 1.74 bits per heavy atom. The van der Waals surface area contributed by atoms with E-state index >= 15 is 0 Å². The van der Waals surface area contributed by atoms with Crippen LogP contribution in [0.25, 0.3) is 0 Å². The summed E-state index contributed by atoms with van der Waals surface area (Å²) in [6.45, 7) is -2.45. The Hall–Kier alpha value is -0.980. The average molecular weight is 316 g/mol. The highest BCUT2D eigenvalue weighted by molar-refractivity contribution is 6.35. The quantitative estimate of drug-likeness (QED) is 0.928. The van der Waals surface area contributed by atoms with Crippen molar-refractivity contribution in [1.82, 2.24) is 4.90 Å². The molecule has 3 nitrogen and oxygen atoms in total. The maximum atomic E-state index is 12.3. The summed E-state index contributed by atoms with van der Waals surface area (Å²) in [6, 6.07) is 3.80. The van der Waals surface area contributed by atoms with E-state index in [1.807, 2.05) is 0 Å². The van der Waals surface area contributed by atoms with Gasteiger partial charge in [0.2, 0.25) is 0 Å². The SMILES string of the molecule is O=C(c1cc(Cl)cc(Cl)c1)N(CCO)CC(F)(F)F. The number of nitrogens with zero attached hydrogens (tertiary/aromatic N) is 1. The average Bonchev–Trinajstić information content (AvgIpc) is 2.24. The van der Waals surface area contributed by atoms with Crippen molar-refractivity contribution < 1.29 is 23.1 Å². The minimum Gasteiger partial charge on any atom is -0.395 e. The molecule has 0 aliphatic carbocycles. The summed E-state index contributed by atoms with van der Waals surface area (Å²) in [5, 5.41) is 9.02. The van der Waals surface area contributed by atoms with E-state index in [4.69, 9.17) is 28.3 Å². The minimum absolute atomic E-state index is 0.0600. The van der Waals surface area contributed by atoms with Crippen LogP contribution in [0.4, 0.5) is 13.2 Å². The molecule has 1 N–H and O–H groups in total. The Morgan fingerprint density at radius 3 is 2.16 bits per heavy atom. The first-order chi connectivity index (χ1) is 8.73. The molecule has 8 heteroatoms. The van der Waals surface area contributed by atoms with Crippen LogP contribution in [0.3, 0.4) is 0 Å². The van der Waals surface area contributed by atoms with Crippen LogP contribution in [-0.4, -0.2) is 41.8 Å². The lowest BCUT2D eigenvalue weighted by atomic mass is 10.2. The van der Waals surface area contributed by atoms with E-state index in [0.29, 0.717) is 4.90 Å². The highest BCUT2D eigenvalue weighted by Crippen LogP contribution is 2.22. The van der Waals surface area contributed by atoms with Crippen LogP contribution in [0.15, 0.2) is 18.2 Å². The number of benzene rings is 1. The van der Waals surface area contributed by atoms with Gasteiger partial charge in [0.05, 0.1) is 6.61 Å². The molecule has 0 aliphatic heterocycles. The molecule has 0 bridgehead atoms. The zero-order valence-corrected chi connectivity index (χ0v) is 11.1. The number of carbonyl (C=O) groups excluding carboxylic acids is 1. The fraction of sp³-hybridized carbons (Fsp3) is 0.364. The van der Waals surface area contributed by atoms with Crippen LogP contribution in [0, 0.1) is 0 Å². The normalized spacial score (nSPS) is 11.5. The fourth-order valence-electron chi connectivity index (χ4n) is 1.45. The van der Waals surface area contributed by atoms with Gasteiger partial charge in [0.25, 0.3) is 5.91 Å². The van der Waals surface area contributed by atoms with Gasteiger partial charge in [-0.1, -0.05) is 23.2 Å². The summed E-state index contributed by atoms with van der Waals surface area (Å²) < 4.78 is 37.0. The van der Waals surface area contributed by atoms with E-state index in [1.165, 1.54) is 18.2 Å². The molecule has 0 fully saturated rings. The number of amides is 1. The molecule has 0 unspecified atom stereocenters. The lowest BCUT2D eigenvalue weighted by Crippen LogP contribution is -2.40. The molecule has 106 valence electrons. The van der Waals surface area contributed by atoms with Gasteiger partial charge in [-0.3, -0.25) is 4.79 Å². The molecule has 0 radical (unpaired) electrons. The van der Waals surface area contributed by atoms with Crippen molar-refractivity contribution in [1.29, 1.82) is 0 Å². The van der Waals surface area contributed by atoms with Crippen LogP contribution in [0.1, 0.15) is 10.4 Å². The highest BCUT2D eigenvalue weighted by atomic mass is 35.5. The predicted molar refractivity (Wildman–Crippen MR) is 65.5 cm³/mol. The topological polar surface area (TPSA) is 40.5 Å². The molecular weight excluding hydrogens is 306 g/mol. The van der Waals surface area contributed by atoms with E-state index in [9.17, 15) is 18.0 Å². The van der Waals surface area contributed by atoms with Crippen molar-refractivity contribution in [3.05, 3.63) is 33.8 Å². The van der Waals surface area contributed by atoms with Gasteiger partial charge in [-0.05, 0) is 18.2 Å². The number of alkyl halides is 3. The third-order valence-corrected chi connectivity index (χ3v) is 2.57. The Labute approximate surface area is 117 Å². The first kappa shape index (κ1) is 16.1. The largest absolute Gasteiger partial charge is 0.406 e. The smallest absolute Gasteiger partial charge is 0.395 e. The molecule has 19 heavy (non-hydrogen) atoms. The number of rotatable bonds is 4. The zero-order chi connectivity index (χ0) is 14.6. The van der Waals surface area contributed by atoms with Crippen LogP contribution < -0.4 is 0 Å². The second-order valence-corrected chi connectivity index (χ2v) is 4.60. The number of aliphatic hydroxyl groups excluding tert-OH is 1. The molecule has 0 heterocycles. The van der Waals surface area contributed by atoms with Gasteiger partial charge >= 0.3 is 6.18 Å². The molecule has 0 aliphatic rings. The van der Waals surface area contributed by atoms with Gasteiger partial charge in [0.15, 0.2) is 0 Å². The fourth-order valence-corrected chi connectivity index (χ4v) is 1.98. The van der Waals surface area contributed by atoms with Crippen molar-refractivity contribution >= 4 is 29.1 Å². The van der Waals surface area contributed by atoms with E-state index in [1.54, 1.807) is 0 Å². The Kier molecular flexibility index (Phi) is 5.46. The summed E-state index contributed by atoms with van der Waals surface area (Å²) >= 11 is 11.4. The van der Waals surface area contributed by atoms with E-state index in [0.717, 1.165) is 0 Å². The van der Waals surface area contributed by atoms with Gasteiger partial charge in [-0.25, -0.2) is 0 Å². The van der Waals surface area contributed by atoms with Crippen molar-refractivity contribution in [2.75, 3.05) is 19.7 Å². The van der Waals surface area contributed by atoms with Crippen LogP contribution in [0.5, 0.6) is 0 Å². The maximum Gasteiger partial charge on any atom is 0.406 e. The Balaban J connectivity index is 2.98. The van der Waals surface area contributed by atoms with E-state index < -0.39 is 31.8 Å². The van der Waals surface area contributed by atoms with Gasteiger partial charge in [0.1, 0.15) is 6.54 Å². The number of hydrogen-bond acceptors (Lipinski definition) is 2.